The van der Waals surface area contributed by atoms with Crippen LogP contribution in [-0.4, -0.2) is 17.9 Å². The van der Waals surface area contributed by atoms with E-state index in [1.54, 1.807) is 18.2 Å². The van der Waals surface area contributed by atoms with Crippen molar-refractivity contribution in [1.82, 2.24) is 5.32 Å². The van der Waals surface area contributed by atoms with Crippen LogP contribution in [0.3, 0.4) is 0 Å². The van der Waals surface area contributed by atoms with E-state index in [0.29, 0.717) is 18.5 Å². The quantitative estimate of drug-likeness (QED) is 0.677. The number of benzene rings is 1. The number of hydrogen-bond acceptors (Lipinski definition) is 3. The van der Waals surface area contributed by atoms with Gasteiger partial charge in [0.2, 0.25) is 11.8 Å². The van der Waals surface area contributed by atoms with Crippen LogP contribution in [0.25, 0.3) is 0 Å². The molecule has 0 saturated heterocycles. The van der Waals surface area contributed by atoms with Crippen molar-refractivity contribution in [2.45, 2.75) is 25.9 Å². The molecule has 0 unspecified atom stereocenters. The highest BCUT2D eigenvalue weighted by Gasteiger charge is 2.10. The number of primary amides is 1. The Hall–Kier alpha value is -1.88. The summed E-state index contributed by atoms with van der Waals surface area (Å²) in [5.74, 6) is -0.680. The number of hydrogen-bond donors (Lipinski definition) is 3. The number of nitrogens with two attached hydrogens (primary N) is 2. The molecule has 5 heteroatoms. The normalized spacial score (nSPS) is 11.9. The van der Waals surface area contributed by atoms with Gasteiger partial charge in [0.05, 0.1) is 6.04 Å². The molecule has 1 aromatic carbocycles. The molecule has 0 aliphatic carbocycles. The fraction of sp³-hybridized carbons (Fsp3) is 0.333. The number of carbonyl (C=O) groups is 2. The molecule has 0 radical (unpaired) electrons. The smallest absolute Gasteiger partial charge is 0.248 e. The lowest BCUT2D eigenvalue weighted by Gasteiger charge is -2.10. The molecule has 0 fully saturated rings. The van der Waals surface area contributed by atoms with Crippen LogP contribution in [-0.2, 0) is 11.3 Å². The van der Waals surface area contributed by atoms with Crippen molar-refractivity contribution in [2.24, 2.45) is 11.5 Å². The Labute approximate surface area is 100 Å². The van der Waals surface area contributed by atoms with Crippen LogP contribution < -0.4 is 16.8 Å². The first-order chi connectivity index (χ1) is 8.04. The van der Waals surface area contributed by atoms with Crippen molar-refractivity contribution in [3.63, 3.8) is 0 Å². The molecule has 5 N–H and O–H groups in total. The molecule has 1 atom stereocenters. The standard InChI is InChI=1S/C12H17N3O2/c1-2-10(13)12(17)15-7-8-4-3-5-9(6-8)11(14)16/h3-6,10H,2,7,13H2,1H3,(H2,14,16)(H,15,17)/t10-/m0/s1. The Morgan fingerprint density at radius 1 is 1.41 bits per heavy atom. The van der Waals surface area contributed by atoms with E-state index in [9.17, 15) is 9.59 Å². The molecule has 17 heavy (non-hydrogen) atoms. The van der Waals surface area contributed by atoms with Gasteiger partial charge in [-0.3, -0.25) is 9.59 Å². The third-order valence-electron chi connectivity index (χ3n) is 2.45. The minimum atomic E-state index is -0.491. The summed E-state index contributed by atoms with van der Waals surface area (Å²) in [4.78, 5) is 22.4. The maximum atomic E-state index is 11.4. The van der Waals surface area contributed by atoms with Gasteiger partial charge in [0.15, 0.2) is 0 Å². The topological polar surface area (TPSA) is 98.2 Å². The summed E-state index contributed by atoms with van der Waals surface area (Å²) >= 11 is 0. The maximum absolute atomic E-state index is 11.4. The second kappa shape index (κ2) is 6.00. The minimum Gasteiger partial charge on any atom is -0.366 e. The molecule has 0 aliphatic heterocycles. The third-order valence-corrected chi connectivity index (χ3v) is 2.45. The van der Waals surface area contributed by atoms with E-state index in [1.807, 2.05) is 13.0 Å². The number of rotatable bonds is 5. The Kier molecular flexibility index (Phi) is 4.66. The van der Waals surface area contributed by atoms with E-state index >= 15 is 0 Å². The second-order valence-electron chi connectivity index (χ2n) is 3.80. The maximum Gasteiger partial charge on any atom is 0.248 e. The molecule has 1 aromatic rings. The number of carbonyl (C=O) groups excluding carboxylic acids is 2. The highest BCUT2D eigenvalue weighted by Crippen LogP contribution is 2.04. The molecule has 0 saturated carbocycles. The van der Waals surface area contributed by atoms with Crippen LogP contribution in [0.4, 0.5) is 0 Å². The van der Waals surface area contributed by atoms with Crippen molar-refractivity contribution >= 4 is 11.8 Å². The summed E-state index contributed by atoms with van der Waals surface area (Å²) in [5.41, 5.74) is 12.0. The van der Waals surface area contributed by atoms with E-state index in [1.165, 1.54) is 0 Å². The van der Waals surface area contributed by atoms with Gasteiger partial charge in [0.1, 0.15) is 0 Å². The van der Waals surface area contributed by atoms with E-state index < -0.39 is 11.9 Å². The van der Waals surface area contributed by atoms with Gasteiger partial charge in [-0.25, -0.2) is 0 Å². The SMILES string of the molecule is CC[C@H](N)C(=O)NCc1cccc(C(N)=O)c1. The van der Waals surface area contributed by atoms with Gasteiger partial charge in [0.25, 0.3) is 0 Å². The zero-order valence-corrected chi connectivity index (χ0v) is 9.77. The van der Waals surface area contributed by atoms with Gasteiger partial charge in [-0.2, -0.15) is 0 Å². The van der Waals surface area contributed by atoms with Gasteiger partial charge in [-0.15, -0.1) is 0 Å². The minimum absolute atomic E-state index is 0.197. The fourth-order valence-corrected chi connectivity index (χ4v) is 1.34. The monoisotopic (exact) mass is 235 g/mol. The highest BCUT2D eigenvalue weighted by molar-refractivity contribution is 5.92. The fourth-order valence-electron chi connectivity index (χ4n) is 1.34. The lowest BCUT2D eigenvalue weighted by Crippen LogP contribution is -2.39. The van der Waals surface area contributed by atoms with Crippen LogP contribution in [0, 0.1) is 0 Å². The summed E-state index contributed by atoms with van der Waals surface area (Å²) in [6.45, 7) is 2.19. The zero-order chi connectivity index (χ0) is 12.8. The Morgan fingerprint density at radius 2 is 2.12 bits per heavy atom. The molecule has 0 spiro atoms. The van der Waals surface area contributed by atoms with Crippen molar-refractivity contribution < 1.29 is 9.59 Å². The molecule has 0 heterocycles. The molecule has 1 rings (SSSR count). The van der Waals surface area contributed by atoms with Crippen molar-refractivity contribution in [3.8, 4) is 0 Å². The summed E-state index contributed by atoms with van der Waals surface area (Å²) < 4.78 is 0. The first-order valence-corrected chi connectivity index (χ1v) is 5.46. The van der Waals surface area contributed by atoms with Crippen LogP contribution in [0.1, 0.15) is 29.3 Å². The summed E-state index contributed by atoms with van der Waals surface area (Å²) in [6, 6.07) is 6.33. The summed E-state index contributed by atoms with van der Waals surface area (Å²) in [5, 5.41) is 2.70. The summed E-state index contributed by atoms with van der Waals surface area (Å²) in [7, 11) is 0. The van der Waals surface area contributed by atoms with Crippen LogP contribution >= 0.6 is 0 Å². The van der Waals surface area contributed by atoms with E-state index in [2.05, 4.69) is 5.32 Å². The highest BCUT2D eigenvalue weighted by atomic mass is 16.2. The van der Waals surface area contributed by atoms with Gasteiger partial charge in [0, 0.05) is 12.1 Å². The third kappa shape index (κ3) is 3.88. The molecule has 5 nitrogen and oxygen atoms in total. The Balaban J connectivity index is 2.60. The molecular weight excluding hydrogens is 218 g/mol. The summed E-state index contributed by atoms with van der Waals surface area (Å²) in [6.07, 6.45) is 0.590. The van der Waals surface area contributed by atoms with Crippen molar-refractivity contribution in [1.29, 1.82) is 0 Å². The molecular formula is C12H17N3O2. The molecule has 0 bridgehead atoms. The predicted molar refractivity (Wildman–Crippen MR) is 65.1 cm³/mol. The van der Waals surface area contributed by atoms with Crippen molar-refractivity contribution in [3.05, 3.63) is 35.4 Å². The molecule has 0 aromatic heterocycles. The lowest BCUT2D eigenvalue weighted by molar-refractivity contribution is -0.122. The predicted octanol–water partition coefficient (Wildman–Crippen LogP) is 0.139. The Bertz CT molecular complexity index is 418. The second-order valence-corrected chi connectivity index (χ2v) is 3.80. The van der Waals surface area contributed by atoms with E-state index in [0.717, 1.165) is 5.56 Å². The van der Waals surface area contributed by atoms with Gasteiger partial charge in [-0.05, 0) is 24.1 Å². The lowest BCUT2D eigenvalue weighted by atomic mass is 10.1. The van der Waals surface area contributed by atoms with E-state index in [-0.39, 0.29) is 5.91 Å². The van der Waals surface area contributed by atoms with Gasteiger partial charge in [-0.1, -0.05) is 19.1 Å². The van der Waals surface area contributed by atoms with Crippen LogP contribution in [0.5, 0.6) is 0 Å². The van der Waals surface area contributed by atoms with E-state index in [4.69, 9.17) is 11.5 Å². The van der Waals surface area contributed by atoms with Gasteiger partial charge < -0.3 is 16.8 Å². The zero-order valence-electron chi connectivity index (χ0n) is 9.77. The number of amides is 2. The van der Waals surface area contributed by atoms with Crippen molar-refractivity contribution in [2.75, 3.05) is 0 Å². The Morgan fingerprint density at radius 3 is 2.71 bits per heavy atom. The first kappa shape index (κ1) is 13.2. The largest absolute Gasteiger partial charge is 0.366 e. The molecule has 92 valence electrons. The average Bonchev–Trinajstić information content (AvgIpc) is 2.35. The molecule has 0 aliphatic rings. The van der Waals surface area contributed by atoms with Crippen LogP contribution in [0.2, 0.25) is 0 Å². The average molecular weight is 235 g/mol. The molecule has 2 amide bonds. The first-order valence-electron chi connectivity index (χ1n) is 5.46. The van der Waals surface area contributed by atoms with Crippen LogP contribution in [0.15, 0.2) is 24.3 Å². The number of nitrogens with one attached hydrogen (secondary N) is 1. The van der Waals surface area contributed by atoms with Gasteiger partial charge >= 0.3 is 0 Å².